The number of fused-ring (bicyclic) bond motifs is 7. The molecule has 3 aromatic heterocycles. The molecule has 48 heavy (non-hydrogen) atoms. The van der Waals surface area contributed by atoms with Crippen LogP contribution in [-0.2, 0) is 0 Å². The van der Waals surface area contributed by atoms with Gasteiger partial charge in [-0.05, 0) is 52.2 Å². The minimum absolute atomic E-state index is 0.553. The van der Waals surface area contributed by atoms with Crippen molar-refractivity contribution in [3.05, 3.63) is 158 Å². The summed E-state index contributed by atoms with van der Waals surface area (Å²) in [7, 11) is 0. The Kier molecular flexibility index (Phi) is 5.81. The Bertz CT molecular complexity index is 2830. The van der Waals surface area contributed by atoms with E-state index in [2.05, 4.69) is 126 Å². The molecule has 0 aliphatic rings. The molecule has 0 radical (unpaired) electrons. The number of hydrogen-bond donors (Lipinski definition) is 0. The van der Waals surface area contributed by atoms with Gasteiger partial charge in [0.15, 0.2) is 11.6 Å². The van der Waals surface area contributed by atoms with Crippen LogP contribution in [0.2, 0.25) is 0 Å². The predicted molar refractivity (Wildman–Crippen MR) is 195 cm³/mol. The van der Waals surface area contributed by atoms with Gasteiger partial charge in [-0.15, -0.1) is 0 Å². The number of para-hydroxylation sites is 3. The molecule has 0 bridgehead atoms. The number of aromatic nitrogens is 4. The fraction of sp³-hybridized carbons (Fsp3) is 0. The molecule has 0 unspecified atom stereocenters. The number of nitrogens with zero attached hydrogens (tertiary/aromatic N) is 4. The van der Waals surface area contributed by atoms with Gasteiger partial charge in [-0.3, -0.25) is 4.57 Å². The SMILES string of the molecule is c1ccc(-c2ccc(-c3nc(-c4cccc5c4oc4ccccc45)nc(-n4c5ccccc5c5cc6ccccc6cc54)n3)cc2)cc1. The van der Waals surface area contributed by atoms with Crippen molar-refractivity contribution in [1.82, 2.24) is 19.5 Å². The van der Waals surface area contributed by atoms with Crippen LogP contribution in [0.4, 0.5) is 0 Å². The third-order valence-electron chi connectivity index (χ3n) is 9.26. The van der Waals surface area contributed by atoms with Crippen LogP contribution >= 0.6 is 0 Å². The summed E-state index contributed by atoms with van der Waals surface area (Å²) < 4.78 is 8.63. The molecule has 224 valence electrons. The lowest BCUT2D eigenvalue weighted by atomic mass is 10.0. The van der Waals surface area contributed by atoms with E-state index in [4.69, 9.17) is 19.4 Å². The summed E-state index contributed by atoms with van der Waals surface area (Å²) in [4.78, 5) is 15.5. The quantitative estimate of drug-likeness (QED) is 0.198. The molecule has 5 heteroatoms. The first-order valence-electron chi connectivity index (χ1n) is 16.0. The number of furan rings is 1. The molecule has 0 spiro atoms. The van der Waals surface area contributed by atoms with Gasteiger partial charge in [-0.25, -0.2) is 4.98 Å². The molecule has 0 fully saturated rings. The van der Waals surface area contributed by atoms with Crippen LogP contribution in [-0.4, -0.2) is 19.5 Å². The molecule has 0 N–H and O–H groups in total. The average Bonchev–Trinajstić information content (AvgIpc) is 3.69. The summed E-state index contributed by atoms with van der Waals surface area (Å²) in [5.41, 5.74) is 7.69. The minimum Gasteiger partial charge on any atom is -0.455 e. The van der Waals surface area contributed by atoms with Gasteiger partial charge in [0.2, 0.25) is 5.95 Å². The van der Waals surface area contributed by atoms with Crippen LogP contribution < -0.4 is 0 Å². The molecule has 0 atom stereocenters. The smallest absolute Gasteiger partial charge is 0.238 e. The van der Waals surface area contributed by atoms with Gasteiger partial charge in [0, 0.05) is 27.1 Å². The topological polar surface area (TPSA) is 56.7 Å². The third kappa shape index (κ3) is 4.15. The fourth-order valence-corrected chi connectivity index (χ4v) is 6.95. The average molecular weight is 615 g/mol. The van der Waals surface area contributed by atoms with E-state index in [1.54, 1.807) is 0 Å². The summed E-state index contributed by atoms with van der Waals surface area (Å²) in [6, 6.07) is 54.5. The lowest BCUT2D eigenvalue weighted by Gasteiger charge is -2.12. The molecule has 10 aromatic rings. The Balaban J connectivity index is 1.25. The maximum Gasteiger partial charge on any atom is 0.238 e. The highest BCUT2D eigenvalue weighted by atomic mass is 16.3. The number of hydrogen-bond acceptors (Lipinski definition) is 4. The first kappa shape index (κ1) is 26.6. The van der Waals surface area contributed by atoms with E-state index in [1.165, 1.54) is 5.39 Å². The highest BCUT2D eigenvalue weighted by Crippen LogP contribution is 2.37. The molecular formula is C43H26N4O. The number of benzene rings is 7. The highest BCUT2D eigenvalue weighted by Gasteiger charge is 2.20. The number of rotatable bonds is 4. The monoisotopic (exact) mass is 614 g/mol. The normalized spacial score (nSPS) is 11.8. The van der Waals surface area contributed by atoms with Crippen molar-refractivity contribution >= 4 is 54.5 Å². The Hall–Kier alpha value is -6.59. The van der Waals surface area contributed by atoms with Crippen molar-refractivity contribution in [3.8, 4) is 39.9 Å². The van der Waals surface area contributed by atoms with Gasteiger partial charge >= 0.3 is 0 Å². The van der Waals surface area contributed by atoms with Gasteiger partial charge < -0.3 is 4.42 Å². The molecule has 10 rings (SSSR count). The van der Waals surface area contributed by atoms with Crippen LogP contribution in [0.25, 0.3) is 94.4 Å². The standard InChI is InChI=1S/C43H26N4O/c1-2-11-27(12-3-1)28-21-23-29(24-22-28)41-44-42(35-18-10-17-34-33-16-7-9-20-39(33)48-40(34)35)46-43(45-41)47-37-19-8-6-15-32(37)36-25-30-13-4-5-14-31(30)26-38(36)47/h1-26H. The summed E-state index contributed by atoms with van der Waals surface area (Å²) in [5, 5.41) is 6.75. The van der Waals surface area contributed by atoms with Gasteiger partial charge in [-0.2, -0.15) is 9.97 Å². The lowest BCUT2D eigenvalue weighted by molar-refractivity contribution is 0.669. The van der Waals surface area contributed by atoms with Crippen LogP contribution in [0.15, 0.2) is 162 Å². The summed E-state index contributed by atoms with van der Waals surface area (Å²) in [6.07, 6.45) is 0. The molecule has 0 aliphatic heterocycles. The van der Waals surface area contributed by atoms with E-state index >= 15 is 0 Å². The van der Waals surface area contributed by atoms with E-state index in [0.29, 0.717) is 17.6 Å². The Morgan fingerprint density at radius 3 is 1.92 bits per heavy atom. The Morgan fingerprint density at radius 1 is 0.417 bits per heavy atom. The van der Waals surface area contributed by atoms with E-state index in [-0.39, 0.29) is 0 Å². The molecular weight excluding hydrogens is 589 g/mol. The zero-order valence-corrected chi connectivity index (χ0v) is 25.7. The molecule has 0 amide bonds. The predicted octanol–water partition coefficient (Wildman–Crippen LogP) is 11.0. The minimum atomic E-state index is 0.553. The summed E-state index contributed by atoms with van der Waals surface area (Å²) in [6.45, 7) is 0. The van der Waals surface area contributed by atoms with Crippen molar-refractivity contribution < 1.29 is 4.42 Å². The fourth-order valence-electron chi connectivity index (χ4n) is 6.95. The van der Waals surface area contributed by atoms with Crippen LogP contribution in [0.1, 0.15) is 0 Å². The van der Waals surface area contributed by atoms with Crippen molar-refractivity contribution in [2.24, 2.45) is 0 Å². The van der Waals surface area contributed by atoms with Crippen LogP contribution in [0.3, 0.4) is 0 Å². The molecule has 0 aliphatic carbocycles. The first-order valence-corrected chi connectivity index (χ1v) is 16.0. The van der Waals surface area contributed by atoms with Crippen molar-refractivity contribution in [2.75, 3.05) is 0 Å². The lowest BCUT2D eigenvalue weighted by Crippen LogP contribution is -2.06. The van der Waals surface area contributed by atoms with Crippen LogP contribution in [0, 0.1) is 0 Å². The van der Waals surface area contributed by atoms with E-state index in [1.807, 2.05) is 36.4 Å². The van der Waals surface area contributed by atoms with Gasteiger partial charge in [0.05, 0.1) is 16.6 Å². The second-order valence-electron chi connectivity index (χ2n) is 12.1. The first-order chi connectivity index (χ1) is 23.8. The molecule has 0 saturated carbocycles. The molecule has 7 aromatic carbocycles. The Morgan fingerprint density at radius 2 is 1.06 bits per heavy atom. The van der Waals surface area contributed by atoms with E-state index in [0.717, 1.165) is 71.4 Å². The highest BCUT2D eigenvalue weighted by molar-refractivity contribution is 6.13. The molecule has 0 saturated heterocycles. The molecule has 3 heterocycles. The van der Waals surface area contributed by atoms with Crippen molar-refractivity contribution in [1.29, 1.82) is 0 Å². The third-order valence-corrected chi connectivity index (χ3v) is 9.26. The second kappa shape index (κ2) is 10.5. The van der Waals surface area contributed by atoms with E-state index in [9.17, 15) is 0 Å². The zero-order valence-electron chi connectivity index (χ0n) is 25.7. The Labute approximate surface area is 275 Å². The maximum atomic E-state index is 6.46. The summed E-state index contributed by atoms with van der Waals surface area (Å²) >= 11 is 0. The van der Waals surface area contributed by atoms with Crippen LogP contribution in [0.5, 0.6) is 0 Å². The van der Waals surface area contributed by atoms with Gasteiger partial charge in [-0.1, -0.05) is 127 Å². The summed E-state index contributed by atoms with van der Waals surface area (Å²) in [5.74, 6) is 1.70. The molecule has 5 nitrogen and oxygen atoms in total. The van der Waals surface area contributed by atoms with E-state index < -0.39 is 0 Å². The zero-order chi connectivity index (χ0) is 31.6. The largest absolute Gasteiger partial charge is 0.455 e. The second-order valence-corrected chi connectivity index (χ2v) is 12.1. The van der Waals surface area contributed by atoms with Gasteiger partial charge in [0.1, 0.15) is 11.2 Å². The van der Waals surface area contributed by atoms with Gasteiger partial charge in [0.25, 0.3) is 0 Å². The van der Waals surface area contributed by atoms with Crippen molar-refractivity contribution in [3.63, 3.8) is 0 Å². The van der Waals surface area contributed by atoms with Crippen molar-refractivity contribution in [2.45, 2.75) is 0 Å². The maximum absolute atomic E-state index is 6.46.